The summed E-state index contributed by atoms with van der Waals surface area (Å²) in [6.07, 6.45) is 2.21. The molecule has 62 valence electrons. The summed E-state index contributed by atoms with van der Waals surface area (Å²) in [4.78, 5) is 23.6. The molecule has 0 spiro atoms. The zero-order chi connectivity index (χ0) is 8.43. The molecular formula is C8H13NO2. The fraction of sp³-hybridized carbons (Fsp3) is 0.750. The lowest BCUT2D eigenvalue weighted by Crippen LogP contribution is -2.34. The van der Waals surface area contributed by atoms with E-state index in [0.29, 0.717) is 6.42 Å². The second-order valence-corrected chi connectivity index (χ2v) is 3.08. The van der Waals surface area contributed by atoms with Gasteiger partial charge in [-0.25, -0.2) is 0 Å². The van der Waals surface area contributed by atoms with E-state index in [2.05, 4.69) is 0 Å². The van der Waals surface area contributed by atoms with Crippen LogP contribution in [0.3, 0.4) is 0 Å². The van der Waals surface area contributed by atoms with E-state index >= 15 is 0 Å². The van der Waals surface area contributed by atoms with Crippen LogP contribution in [0.1, 0.15) is 26.2 Å². The molecule has 11 heavy (non-hydrogen) atoms. The van der Waals surface area contributed by atoms with Crippen LogP contribution in [0.15, 0.2) is 0 Å². The molecule has 0 aliphatic carbocycles. The average molecular weight is 155 g/mol. The molecule has 2 amide bonds. The van der Waals surface area contributed by atoms with Crippen LogP contribution < -0.4 is 0 Å². The third-order valence-corrected chi connectivity index (χ3v) is 2.15. The fourth-order valence-electron chi connectivity index (χ4n) is 1.30. The summed E-state index contributed by atoms with van der Waals surface area (Å²) in [5.41, 5.74) is 0. The Morgan fingerprint density at radius 1 is 1.45 bits per heavy atom. The Morgan fingerprint density at radius 2 is 2.09 bits per heavy atom. The average Bonchev–Trinajstić information content (AvgIpc) is 2.07. The van der Waals surface area contributed by atoms with Gasteiger partial charge in [0, 0.05) is 19.4 Å². The zero-order valence-electron chi connectivity index (χ0n) is 6.96. The van der Waals surface area contributed by atoms with E-state index < -0.39 is 0 Å². The molecule has 0 bridgehead atoms. The lowest BCUT2D eigenvalue weighted by atomic mass is 10.1. The van der Waals surface area contributed by atoms with Gasteiger partial charge in [0.05, 0.1) is 0 Å². The van der Waals surface area contributed by atoms with Crippen molar-refractivity contribution in [1.29, 1.82) is 0 Å². The van der Waals surface area contributed by atoms with Crippen molar-refractivity contribution in [2.45, 2.75) is 26.2 Å². The smallest absolute Gasteiger partial charge is 0.231 e. The Labute approximate surface area is 66.4 Å². The van der Waals surface area contributed by atoms with E-state index in [-0.39, 0.29) is 17.7 Å². The quantitative estimate of drug-likeness (QED) is 0.485. The molecular weight excluding hydrogens is 142 g/mol. The molecule has 0 aromatic carbocycles. The highest BCUT2D eigenvalue weighted by Crippen LogP contribution is 2.16. The summed E-state index contributed by atoms with van der Waals surface area (Å²) in [7, 11) is 1.56. The molecule has 1 rings (SSSR count). The lowest BCUT2D eigenvalue weighted by molar-refractivity contribution is -0.144. The van der Waals surface area contributed by atoms with Crippen LogP contribution in [0, 0.1) is 5.92 Å². The van der Waals surface area contributed by atoms with Gasteiger partial charge >= 0.3 is 0 Å². The van der Waals surface area contributed by atoms with E-state index in [1.807, 2.05) is 6.92 Å². The van der Waals surface area contributed by atoms with Crippen molar-refractivity contribution in [3.8, 4) is 0 Å². The number of carbonyl (C=O) groups excluding carboxylic acids is 2. The molecule has 1 atom stereocenters. The van der Waals surface area contributed by atoms with E-state index in [9.17, 15) is 9.59 Å². The molecule has 1 aliphatic heterocycles. The van der Waals surface area contributed by atoms with Crippen molar-refractivity contribution in [2.24, 2.45) is 5.92 Å². The van der Waals surface area contributed by atoms with Crippen molar-refractivity contribution < 1.29 is 9.59 Å². The zero-order valence-corrected chi connectivity index (χ0v) is 6.96. The summed E-state index contributed by atoms with van der Waals surface area (Å²) in [6.45, 7) is 1.87. The predicted molar refractivity (Wildman–Crippen MR) is 40.8 cm³/mol. The van der Waals surface area contributed by atoms with Crippen LogP contribution in [0.5, 0.6) is 0 Å². The third-order valence-electron chi connectivity index (χ3n) is 2.15. The number of amides is 2. The van der Waals surface area contributed by atoms with Gasteiger partial charge < -0.3 is 0 Å². The van der Waals surface area contributed by atoms with Gasteiger partial charge in [-0.2, -0.15) is 0 Å². The topological polar surface area (TPSA) is 37.4 Å². The molecule has 1 aliphatic rings. The molecule has 3 nitrogen and oxygen atoms in total. The van der Waals surface area contributed by atoms with Crippen LogP contribution in [0.2, 0.25) is 0 Å². The minimum absolute atomic E-state index is 0.0199. The first-order chi connectivity index (χ1) is 5.13. The van der Waals surface area contributed by atoms with Crippen LogP contribution in [-0.2, 0) is 9.59 Å². The number of nitrogens with zero attached hydrogens (tertiary/aromatic N) is 1. The van der Waals surface area contributed by atoms with Crippen molar-refractivity contribution in [3.05, 3.63) is 0 Å². The second kappa shape index (κ2) is 3.03. The van der Waals surface area contributed by atoms with E-state index in [1.54, 1.807) is 7.05 Å². The number of likely N-dealkylation sites (tertiary alicyclic amines) is 1. The van der Waals surface area contributed by atoms with Gasteiger partial charge in [-0.3, -0.25) is 14.5 Å². The Bertz CT molecular complexity index is 189. The van der Waals surface area contributed by atoms with E-state index in [4.69, 9.17) is 0 Å². The van der Waals surface area contributed by atoms with Gasteiger partial charge in [0.2, 0.25) is 11.8 Å². The Morgan fingerprint density at radius 3 is 2.73 bits per heavy atom. The third kappa shape index (κ3) is 1.59. The molecule has 0 aromatic rings. The number of hydrogen-bond donors (Lipinski definition) is 0. The first kappa shape index (κ1) is 8.24. The van der Waals surface area contributed by atoms with Crippen LogP contribution in [0.25, 0.3) is 0 Å². The lowest BCUT2D eigenvalue weighted by Gasteiger charge is -2.14. The van der Waals surface area contributed by atoms with Gasteiger partial charge in [0.1, 0.15) is 0 Å². The fourth-order valence-corrected chi connectivity index (χ4v) is 1.30. The predicted octanol–water partition coefficient (Wildman–Crippen LogP) is 0.791. The molecule has 1 unspecified atom stereocenters. The standard InChI is InChI=1S/C8H13NO2/c1-6-4-3-5-7(10)9(2)8(6)11/h6H,3-5H2,1-2H3. The van der Waals surface area contributed by atoms with E-state index in [1.165, 1.54) is 4.90 Å². The van der Waals surface area contributed by atoms with Crippen molar-refractivity contribution >= 4 is 11.8 Å². The molecule has 0 aromatic heterocycles. The number of hydrogen-bond acceptors (Lipinski definition) is 2. The summed E-state index contributed by atoms with van der Waals surface area (Å²) < 4.78 is 0. The highest BCUT2D eigenvalue weighted by Gasteiger charge is 2.25. The summed E-state index contributed by atoms with van der Waals surface area (Å²) in [5, 5.41) is 0. The van der Waals surface area contributed by atoms with Crippen molar-refractivity contribution in [3.63, 3.8) is 0 Å². The number of rotatable bonds is 0. The van der Waals surface area contributed by atoms with Gasteiger partial charge in [-0.15, -0.1) is 0 Å². The number of imide groups is 1. The number of carbonyl (C=O) groups is 2. The Balaban J connectivity index is 2.73. The SMILES string of the molecule is CC1CCCC(=O)N(C)C1=O. The normalized spacial score (nSPS) is 27.1. The van der Waals surface area contributed by atoms with Crippen LogP contribution in [0.4, 0.5) is 0 Å². The van der Waals surface area contributed by atoms with Crippen LogP contribution >= 0.6 is 0 Å². The maximum atomic E-state index is 11.3. The highest BCUT2D eigenvalue weighted by molar-refractivity contribution is 5.96. The monoisotopic (exact) mass is 155 g/mol. The van der Waals surface area contributed by atoms with E-state index in [0.717, 1.165) is 12.8 Å². The molecule has 3 heteroatoms. The largest absolute Gasteiger partial charge is 0.286 e. The first-order valence-corrected chi connectivity index (χ1v) is 3.93. The van der Waals surface area contributed by atoms with Gasteiger partial charge in [0.15, 0.2) is 0 Å². The Kier molecular flexibility index (Phi) is 2.27. The summed E-state index contributed by atoms with van der Waals surface area (Å²) in [6, 6.07) is 0. The second-order valence-electron chi connectivity index (χ2n) is 3.08. The minimum Gasteiger partial charge on any atom is -0.286 e. The minimum atomic E-state index is -0.0423. The van der Waals surface area contributed by atoms with Crippen molar-refractivity contribution in [1.82, 2.24) is 4.90 Å². The van der Waals surface area contributed by atoms with Gasteiger partial charge in [0.25, 0.3) is 0 Å². The van der Waals surface area contributed by atoms with Crippen LogP contribution in [-0.4, -0.2) is 23.8 Å². The molecule has 0 saturated carbocycles. The molecule has 1 heterocycles. The molecule has 1 saturated heterocycles. The first-order valence-electron chi connectivity index (χ1n) is 3.93. The molecule has 0 N–H and O–H groups in total. The molecule has 1 fully saturated rings. The van der Waals surface area contributed by atoms with Crippen molar-refractivity contribution in [2.75, 3.05) is 7.05 Å². The summed E-state index contributed by atoms with van der Waals surface area (Å²) >= 11 is 0. The Hall–Kier alpha value is -0.860. The maximum absolute atomic E-state index is 11.3. The summed E-state index contributed by atoms with van der Waals surface area (Å²) in [5.74, 6) is -0.0571. The molecule has 0 radical (unpaired) electrons. The van der Waals surface area contributed by atoms with Gasteiger partial charge in [-0.1, -0.05) is 6.92 Å². The highest BCUT2D eigenvalue weighted by atomic mass is 16.2. The maximum Gasteiger partial charge on any atom is 0.231 e. The van der Waals surface area contributed by atoms with Gasteiger partial charge in [-0.05, 0) is 12.8 Å².